The van der Waals surface area contributed by atoms with Crippen LogP contribution in [0.4, 0.5) is 28.0 Å². The van der Waals surface area contributed by atoms with Crippen LogP contribution in [0.2, 0.25) is 0 Å². The molecule has 21 heavy (non-hydrogen) atoms. The predicted octanol–water partition coefficient (Wildman–Crippen LogP) is 2.74. The number of aliphatic hydroxyl groups is 1. The molecule has 3 N–H and O–H groups in total. The minimum atomic E-state index is -4.77. The molecule has 0 spiro atoms. The van der Waals surface area contributed by atoms with Crippen LogP contribution >= 0.6 is 0 Å². The van der Waals surface area contributed by atoms with Crippen molar-refractivity contribution in [2.75, 3.05) is 18.5 Å². The zero-order valence-electron chi connectivity index (χ0n) is 10.9. The Labute approximate surface area is 118 Å². The van der Waals surface area contributed by atoms with Crippen molar-refractivity contribution in [3.8, 4) is 0 Å². The van der Waals surface area contributed by atoms with Crippen LogP contribution in [0.3, 0.4) is 0 Å². The summed E-state index contributed by atoms with van der Waals surface area (Å²) >= 11 is 0. The van der Waals surface area contributed by atoms with E-state index in [4.69, 9.17) is 5.11 Å². The van der Waals surface area contributed by atoms with Crippen LogP contribution in [-0.2, 0) is 6.18 Å². The van der Waals surface area contributed by atoms with Crippen molar-refractivity contribution in [1.82, 2.24) is 5.32 Å². The summed E-state index contributed by atoms with van der Waals surface area (Å²) in [4.78, 5) is 11.6. The molecule has 0 saturated heterocycles. The van der Waals surface area contributed by atoms with E-state index < -0.39 is 29.3 Å². The highest BCUT2D eigenvalue weighted by atomic mass is 19.4. The van der Waals surface area contributed by atoms with Gasteiger partial charge in [-0.05, 0) is 31.0 Å². The Morgan fingerprint density at radius 1 is 1.33 bits per heavy atom. The number of alkyl halides is 3. The van der Waals surface area contributed by atoms with Gasteiger partial charge in [0.05, 0.1) is 17.9 Å². The molecule has 116 valence electrons. The zero-order valence-corrected chi connectivity index (χ0v) is 10.9. The fourth-order valence-corrected chi connectivity index (χ4v) is 1.86. The SMILES string of the molecule is O=C(NCC1(CO)CC1)Nc1ccc(F)cc1C(F)(F)F. The van der Waals surface area contributed by atoms with Gasteiger partial charge >= 0.3 is 12.2 Å². The average molecular weight is 306 g/mol. The fourth-order valence-electron chi connectivity index (χ4n) is 1.86. The highest BCUT2D eigenvalue weighted by Crippen LogP contribution is 2.44. The summed E-state index contributed by atoms with van der Waals surface area (Å²) in [6.07, 6.45) is -3.25. The molecule has 2 amide bonds. The number of aliphatic hydroxyl groups excluding tert-OH is 1. The molecule has 1 aromatic rings. The number of anilines is 1. The molecule has 0 radical (unpaired) electrons. The van der Waals surface area contributed by atoms with E-state index in [9.17, 15) is 22.4 Å². The third-order valence-electron chi connectivity index (χ3n) is 3.45. The second kappa shape index (κ2) is 5.51. The van der Waals surface area contributed by atoms with E-state index in [0.717, 1.165) is 25.0 Å². The van der Waals surface area contributed by atoms with E-state index >= 15 is 0 Å². The molecule has 4 nitrogen and oxygen atoms in total. The summed E-state index contributed by atoms with van der Waals surface area (Å²) in [7, 11) is 0. The molecule has 0 aromatic heterocycles. The van der Waals surface area contributed by atoms with Gasteiger partial charge in [0, 0.05) is 12.0 Å². The van der Waals surface area contributed by atoms with Crippen molar-refractivity contribution in [3.63, 3.8) is 0 Å². The topological polar surface area (TPSA) is 61.4 Å². The number of nitrogens with one attached hydrogen (secondary N) is 2. The lowest BCUT2D eigenvalue weighted by molar-refractivity contribution is -0.137. The van der Waals surface area contributed by atoms with Crippen molar-refractivity contribution in [1.29, 1.82) is 0 Å². The first-order chi connectivity index (χ1) is 9.76. The van der Waals surface area contributed by atoms with Gasteiger partial charge in [0.2, 0.25) is 0 Å². The lowest BCUT2D eigenvalue weighted by Crippen LogP contribution is -2.35. The van der Waals surface area contributed by atoms with Crippen LogP contribution in [0, 0.1) is 11.2 Å². The van der Waals surface area contributed by atoms with Gasteiger partial charge in [-0.2, -0.15) is 13.2 Å². The Morgan fingerprint density at radius 3 is 2.52 bits per heavy atom. The van der Waals surface area contributed by atoms with Gasteiger partial charge in [-0.3, -0.25) is 0 Å². The van der Waals surface area contributed by atoms with Gasteiger partial charge in [0.25, 0.3) is 0 Å². The van der Waals surface area contributed by atoms with Crippen LogP contribution in [0.1, 0.15) is 18.4 Å². The van der Waals surface area contributed by atoms with Crippen molar-refractivity contribution >= 4 is 11.7 Å². The van der Waals surface area contributed by atoms with Crippen molar-refractivity contribution < 1.29 is 27.5 Å². The second-order valence-corrected chi connectivity index (χ2v) is 5.15. The first-order valence-electron chi connectivity index (χ1n) is 6.28. The largest absolute Gasteiger partial charge is 0.418 e. The number of urea groups is 1. The van der Waals surface area contributed by atoms with Gasteiger partial charge in [-0.1, -0.05) is 0 Å². The quantitative estimate of drug-likeness (QED) is 0.749. The number of carbonyl (C=O) groups excluding carboxylic acids is 1. The summed E-state index contributed by atoms with van der Waals surface area (Å²) in [5.74, 6) is -1.04. The average Bonchev–Trinajstić information content (AvgIpc) is 3.18. The second-order valence-electron chi connectivity index (χ2n) is 5.15. The number of carbonyl (C=O) groups is 1. The molecule has 1 aliphatic rings. The Balaban J connectivity index is 2.03. The maximum atomic E-state index is 12.9. The molecule has 0 aliphatic heterocycles. The Kier molecular flexibility index (Phi) is 4.08. The van der Waals surface area contributed by atoms with Crippen LogP contribution < -0.4 is 10.6 Å². The van der Waals surface area contributed by atoms with Gasteiger partial charge in [-0.25, -0.2) is 9.18 Å². The van der Waals surface area contributed by atoms with Crippen molar-refractivity contribution in [2.24, 2.45) is 5.41 Å². The molecular formula is C13H14F4N2O2. The molecule has 1 aromatic carbocycles. The Hall–Kier alpha value is -1.83. The molecule has 1 fully saturated rings. The lowest BCUT2D eigenvalue weighted by atomic mass is 10.1. The smallest absolute Gasteiger partial charge is 0.396 e. The molecule has 0 atom stereocenters. The first-order valence-corrected chi connectivity index (χ1v) is 6.28. The van der Waals surface area contributed by atoms with Gasteiger partial charge in [0.1, 0.15) is 5.82 Å². The van der Waals surface area contributed by atoms with E-state index in [-0.39, 0.29) is 18.6 Å². The van der Waals surface area contributed by atoms with E-state index in [0.29, 0.717) is 6.07 Å². The van der Waals surface area contributed by atoms with Gasteiger partial charge in [-0.15, -0.1) is 0 Å². The zero-order chi connectivity index (χ0) is 15.7. The van der Waals surface area contributed by atoms with E-state index in [1.165, 1.54) is 0 Å². The first kappa shape index (κ1) is 15.6. The predicted molar refractivity (Wildman–Crippen MR) is 67.2 cm³/mol. The molecular weight excluding hydrogens is 292 g/mol. The maximum absolute atomic E-state index is 12.9. The van der Waals surface area contributed by atoms with E-state index in [1.54, 1.807) is 0 Å². The van der Waals surface area contributed by atoms with Crippen LogP contribution in [0.25, 0.3) is 0 Å². The molecule has 0 unspecified atom stereocenters. The summed E-state index contributed by atoms with van der Waals surface area (Å²) in [6, 6.07) is 1.19. The van der Waals surface area contributed by atoms with Crippen LogP contribution in [-0.4, -0.2) is 24.3 Å². The van der Waals surface area contributed by atoms with Crippen LogP contribution in [0.15, 0.2) is 18.2 Å². The highest BCUT2D eigenvalue weighted by Gasteiger charge is 2.42. The maximum Gasteiger partial charge on any atom is 0.418 e. The van der Waals surface area contributed by atoms with Crippen molar-refractivity contribution in [2.45, 2.75) is 19.0 Å². The third-order valence-corrected chi connectivity index (χ3v) is 3.45. The normalized spacial score (nSPS) is 16.4. The number of amides is 2. The lowest BCUT2D eigenvalue weighted by Gasteiger charge is -2.16. The molecule has 1 saturated carbocycles. The highest BCUT2D eigenvalue weighted by molar-refractivity contribution is 5.90. The molecule has 2 rings (SSSR count). The number of benzene rings is 1. The Bertz CT molecular complexity index is 541. The molecule has 1 aliphatic carbocycles. The molecule has 0 heterocycles. The summed E-state index contributed by atoms with van der Waals surface area (Å²) in [6.45, 7) is 0.0928. The van der Waals surface area contributed by atoms with Crippen LogP contribution in [0.5, 0.6) is 0 Å². The van der Waals surface area contributed by atoms with E-state index in [2.05, 4.69) is 10.6 Å². The Morgan fingerprint density at radius 2 is 2.00 bits per heavy atom. The number of hydrogen-bond acceptors (Lipinski definition) is 2. The minimum absolute atomic E-state index is 0.0857. The summed E-state index contributed by atoms with van der Waals surface area (Å²) < 4.78 is 51.2. The van der Waals surface area contributed by atoms with Crippen molar-refractivity contribution in [3.05, 3.63) is 29.6 Å². The monoisotopic (exact) mass is 306 g/mol. The summed E-state index contributed by atoms with van der Waals surface area (Å²) in [5, 5.41) is 13.5. The number of halogens is 4. The number of hydrogen-bond donors (Lipinski definition) is 3. The molecule has 8 heteroatoms. The van der Waals surface area contributed by atoms with E-state index in [1.807, 2.05) is 0 Å². The fraction of sp³-hybridized carbons (Fsp3) is 0.462. The van der Waals surface area contributed by atoms with Gasteiger partial charge in [0.15, 0.2) is 0 Å². The minimum Gasteiger partial charge on any atom is -0.396 e. The number of rotatable bonds is 4. The standard InChI is InChI=1S/C13H14F4N2O2/c14-8-1-2-10(9(5-8)13(15,16)17)19-11(21)18-6-12(7-20)3-4-12/h1-2,5,20H,3-4,6-7H2,(H2,18,19,21). The van der Waals surface area contributed by atoms with Gasteiger partial charge < -0.3 is 15.7 Å². The third kappa shape index (κ3) is 3.84. The summed E-state index contributed by atoms with van der Waals surface area (Å²) in [5.41, 5.74) is -2.12. The molecule has 0 bridgehead atoms.